The zero-order valence-corrected chi connectivity index (χ0v) is 10.7. The number of benzene rings is 1. The number of nitrogens with one attached hydrogen (secondary N) is 1. The molecule has 0 aliphatic heterocycles. The highest BCUT2D eigenvalue weighted by Gasteiger charge is 2.19. The van der Waals surface area contributed by atoms with Gasteiger partial charge in [-0.1, -0.05) is 18.2 Å². The smallest absolute Gasteiger partial charge is 0.0775 e. The molecule has 0 amide bonds. The van der Waals surface area contributed by atoms with Gasteiger partial charge in [0.15, 0.2) is 0 Å². The summed E-state index contributed by atoms with van der Waals surface area (Å²) in [6.45, 7) is 0. The van der Waals surface area contributed by atoms with Crippen LogP contribution in [0.1, 0.15) is 24.0 Å². The number of aryl methyl sites for hydroxylation is 1. The Balaban J connectivity index is 2.08. The Hall–Kier alpha value is -2.16. The van der Waals surface area contributed by atoms with Gasteiger partial charge in [0.25, 0.3) is 0 Å². The second-order valence-corrected chi connectivity index (χ2v) is 5.13. The topological polar surface area (TPSA) is 41.6 Å². The summed E-state index contributed by atoms with van der Waals surface area (Å²) in [6.07, 6.45) is 8.65. The first kappa shape index (κ1) is 10.7. The first-order valence-corrected chi connectivity index (χ1v) is 6.83. The van der Waals surface area contributed by atoms with Crippen LogP contribution in [0.2, 0.25) is 0 Å². The highest BCUT2D eigenvalue weighted by Crippen LogP contribution is 2.34. The van der Waals surface area contributed by atoms with E-state index in [1.165, 1.54) is 35.8 Å². The lowest BCUT2D eigenvalue weighted by atomic mass is 9.87. The Morgan fingerprint density at radius 3 is 2.68 bits per heavy atom. The molecule has 1 aliphatic rings. The molecule has 0 unspecified atom stereocenters. The molecule has 0 bridgehead atoms. The van der Waals surface area contributed by atoms with Crippen LogP contribution in [-0.2, 0) is 12.8 Å². The molecule has 1 aliphatic carbocycles. The van der Waals surface area contributed by atoms with Crippen molar-refractivity contribution in [1.29, 1.82) is 0 Å². The van der Waals surface area contributed by atoms with E-state index in [4.69, 9.17) is 4.98 Å². The third kappa shape index (κ3) is 1.65. The van der Waals surface area contributed by atoms with Crippen LogP contribution >= 0.6 is 0 Å². The summed E-state index contributed by atoms with van der Waals surface area (Å²) in [5.41, 5.74) is 6.23. The SMILES string of the molecule is c1ccc2c3c(c(-c4cn[nH]c4)nc2c1)CCCC3. The molecule has 3 heteroatoms. The highest BCUT2D eigenvalue weighted by atomic mass is 15.1. The first-order valence-electron chi connectivity index (χ1n) is 6.83. The van der Waals surface area contributed by atoms with Gasteiger partial charge in [-0.15, -0.1) is 0 Å². The molecule has 2 heterocycles. The standard InChI is InChI=1S/C16H15N3/c1-2-7-14-12(5-1)13-6-3-4-8-15(13)19-16(14)11-9-17-18-10-11/h3-4,6,8-10H,1-2,5,7H2,(H,17,18). The van der Waals surface area contributed by atoms with Gasteiger partial charge >= 0.3 is 0 Å². The largest absolute Gasteiger partial charge is 0.285 e. The molecule has 3 aromatic rings. The molecular weight excluding hydrogens is 234 g/mol. The number of para-hydroxylation sites is 1. The average molecular weight is 249 g/mol. The van der Waals surface area contributed by atoms with Crippen LogP contribution in [0.15, 0.2) is 36.7 Å². The van der Waals surface area contributed by atoms with Crippen molar-refractivity contribution in [3.05, 3.63) is 47.8 Å². The van der Waals surface area contributed by atoms with Crippen LogP contribution in [0.5, 0.6) is 0 Å². The molecular formula is C16H15N3. The Morgan fingerprint density at radius 2 is 1.84 bits per heavy atom. The van der Waals surface area contributed by atoms with E-state index in [-0.39, 0.29) is 0 Å². The van der Waals surface area contributed by atoms with Crippen LogP contribution in [0, 0.1) is 0 Å². The molecule has 1 aromatic carbocycles. The molecule has 2 aromatic heterocycles. The summed E-state index contributed by atoms with van der Waals surface area (Å²) in [5.74, 6) is 0. The fourth-order valence-corrected chi connectivity index (χ4v) is 3.10. The van der Waals surface area contributed by atoms with E-state index in [0.29, 0.717) is 0 Å². The van der Waals surface area contributed by atoms with Gasteiger partial charge in [0.05, 0.1) is 17.4 Å². The zero-order valence-electron chi connectivity index (χ0n) is 10.7. The lowest BCUT2D eigenvalue weighted by molar-refractivity contribution is 0.689. The Morgan fingerprint density at radius 1 is 1.00 bits per heavy atom. The van der Waals surface area contributed by atoms with Crippen molar-refractivity contribution in [1.82, 2.24) is 15.2 Å². The lowest BCUT2D eigenvalue weighted by Crippen LogP contribution is -2.07. The van der Waals surface area contributed by atoms with Gasteiger partial charge in [0, 0.05) is 17.1 Å². The molecule has 3 nitrogen and oxygen atoms in total. The van der Waals surface area contributed by atoms with Gasteiger partial charge in [0.1, 0.15) is 0 Å². The van der Waals surface area contributed by atoms with Gasteiger partial charge in [-0.05, 0) is 42.9 Å². The minimum Gasteiger partial charge on any atom is -0.285 e. The van der Waals surface area contributed by atoms with Crippen LogP contribution in [-0.4, -0.2) is 15.2 Å². The van der Waals surface area contributed by atoms with Crippen molar-refractivity contribution < 1.29 is 0 Å². The maximum atomic E-state index is 4.87. The zero-order chi connectivity index (χ0) is 12.7. The minimum atomic E-state index is 1.10. The predicted octanol–water partition coefficient (Wildman–Crippen LogP) is 3.50. The second kappa shape index (κ2) is 4.19. The Kier molecular flexibility index (Phi) is 2.37. The average Bonchev–Trinajstić information content (AvgIpc) is 3.00. The minimum absolute atomic E-state index is 1.10. The van der Waals surface area contributed by atoms with Crippen LogP contribution < -0.4 is 0 Å². The van der Waals surface area contributed by atoms with Gasteiger partial charge in [0.2, 0.25) is 0 Å². The van der Waals surface area contributed by atoms with Crippen LogP contribution in [0.3, 0.4) is 0 Å². The number of aromatic nitrogens is 3. The Labute approximate surface area is 111 Å². The van der Waals surface area contributed by atoms with Crippen LogP contribution in [0.4, 0.5) is 0 Å². The van der Waals surface area contributed by atoms with Crippen molar-refractivity contribution in [3.8, 4) is 11.3 Å². The fraction of sp³-hybridized carbons (Fsp3) is 0.250. The summed E-state index contributed by atoms with van der Waals surface area (Å²) in [4.78, 5) is 4.87. The maximum Gasteiger partial charge on any atom is 0.0775 e. The van der Waals surface area contributed by atoms with Crippen molar-refractivity contribution in [2.75, 3.05) is 0 Å². The van der Waals surface area contributed by atoms with Crippen molar-refractivity contribution in [2.45, 2.75) is 25.7 Å². The molecule has 0 atom stereocenters. The molecule has 0 radical (unpaired) electrons. The molecule has 0 saturated carbocycles. The van der Waals surface area contributed by atoms with E-state index in [1.807, 2.05) is 12.4 Å². The summed E-state index contributed by atoms with van der Waals surface area (Å²) in [5, 5.41) is 8.28. The number of aromatic amines is 1. The first-order chi connectivity index (χ1) is 9.43. The number of nitrogens with zero attached hydrogens (tertiary/aromatic N) is 2. The fourth-order valence-electron chi connectivity index (χ4n) is 3.10. The third-order valence-corrected chi connectivity index (χ3v) is 3.99. The quantitative estimate of drug-likeness (QED) is 0.717. The van der Waals surface area contributed by atoms with Crippen LogP contribution in [0.25, 0.3) is 22.2 Å². The number of rotatable bonds is 1. The summed E-state index contributed by atoms with van der Waals surface area (Å²) < 4.78 is 0. The van der Waals surface area contributed by atoms with Gasteiger partial charge in [-0.2, -0.15) is 5.10 Å². The summed E-state index contributed by atoms with van der Waals surface area (Å²) in [7, 11) is 0. The molecule has 1 N–H and O–H groups in total. The van der Waals surface area contributed by atoms with E-state index in [9.17, 15) is 0 Å². The third-order valence-electron chi connectivity index (χ3n) is 3.99. The summed E-state index contributed by atoms with van der Waals surface area (Å²) >= 11 is 0. The van der Waals surface area contributed by atoms with Gasteiger partial charge < -0.3 is 0 Å². The monoisotopic (exact) mass is 249 g/mol. The summed E-state index contributed by atoms with van der Waals surface area (Å²) in [6, 6.07) is 8.47. The normalized spacial score (nSPS) is 14.5. The highest BCUT2D eigenvalue weighted by molar-refractivity contribution is 5.87. The second-order valence-electron chi connectivity index (χ2n) is 5.13. The number of pyridine rings is 1. The lowest BCUT2D eigenvalue weighted by Gasteiger charge is -2.20. The number of hydrogen-bond acceptors (Lipinski definition) is 2. The molecule has 0 fully saturated rings. The molecule has 0 saturated heterocycles. The van der Waals surface area contributed by atoms with Crippen molar-refractivity contribution in [3.63, 3.8) is 0 Å². The maximum absolute atomic E-state index is 4.87. The van der Waals surface area contributed by atoms with Gasteiger partial charge in [-0.25, -0.2) is 4.98 Å². The number of fused-ring (bicyclic) bond motifs is 3. The molecule has 4 rings (SSSR count). The number of H-pyrrole nitrogens is 1. The van der Waals surface area contributed by atoms with E-state index < -0.39 is 0 Å². The number of hydrogen-bond donors (Lipinski definition) is 1. The Bertz CT molecular complexity index is 729. The molecule has 0 spiro atoms. The molecule has 19 heavy (non-hydrogen) atoms. The van der Waals surface area contributed by atoms with E-state index in [2.05, 4.69) is 34.5 Å². The predicted molar refractivity (Wildman–Crippen MR) is 76.0 cm³/mol. The van der Waals surface area contributed by atoms with E-state index >= 15 is 0 Å². The van der Waals surface area contributed by atoms with E-state index in [1.54, 1.807) is 0 Å². The molecule has 94 valence electrons. The van der Waals surface area contributed by atoms with Crippen molar-refractivity contribution >= 4 is 10.9 Å². The van der Waals surface area contributed by atoms with E-state index in [0.717, 1.165) is 23.2 Å². The van der Waals surface area contributed by atoms with Crippen molar-refractivity contribution in [2.24, 2.45) is 0 Å². The van der Waals surface area contributed by atoms with Gasteiger partial charge in [-0.3, -0.25) is 5.10 Å².